The lowest BCUT2D eigenvalue weighted by atomic mass is 9.96. The monoisotopic (exact) mass is 257 g/mol. The second kappa shape index (κ2) is 6.64. The molecule has 0 spiro atoms. The second-order valence-corrected chi connectivity index (χ2v) is 4.51. The highest BCUT2D eigenvalue weighted by Crippen LogP contribution is 2.21. The molecule has 0 fully saturated rings. The Labute approximate surface area is 108 Å². The average molecular weight is 258 g/mol. The van der Waals surface area contributed by atoms with E-state index in [-0.39, 0.29) is 5.54 Å². The van der Waals surface area contributed by atoms with Gasteiger partial charge in [0.2, 0.25) is 11.8 Å². The molecule has 1 heterocycles. The molecule has 0 radical (unpaired) electrons. The van der Waals surface area contributed by atoms with E-state index < -0.39 is 0 Å². The number of nitrogens with zero attached hydrogens (tertiary/aromatic N) is 2. The largest absolute Gasteiger partial charge is 0.478 e. The molecular weight excluding hydrogens is 238 g/mol. The van der Waals surface area contributed by atoms with E-state index in [2.05, 4.69) is 29.1 Å². The van der Waals surface area contributed by atoms with Gasteiger partial charge in [-0.3, -0.25) is 0 Å². The van der Waals surface area contributed by atoms with Crippen molar-refractivity contribution in [2.45, 2.75) is 39.2 Å². The zero-order valence-electron chi connectivity index (χ0n) is 10.7. The first-order chi connectivity index (χ1) is 8.13. The molecule has 1 rings (SSSR count). The van der Waals surface area contributed by atoms with Crippen LogP contribution in [0.5, 0.6) is 5.88 Å². The molecule has 1 aromatic rings. The highest BCUT2D eigenvalue weighted by Gasteiger charge is 2.22. The van der Waals surface area contributed by atoms with Crippen molar-refractivity contribution in [2.24, 2.45) is 0 Å². The topological polar surface area (TPSA) is 47.0 Å². The summed E-state index contributed by atoms with van der Waals surface area (Å²) in [5.41, 5.74) is -0.0768. The van der Waals surface area contributed by atoms with Gasteiger partial charge in [0.15, 0.2) is 0 Å². The van der Waals surface area contributed by atoms with Crippen LogP contribution in [0, 0.1) is 0 Å². The number of rotatable bonds is 7. The van der Waals surface area contributed by atoms with E-state index in [4.69, 9.17) is 16.3 Å². The fourth-order valence-electron chi connectivity index (χ4n) is 1.44. The molecule has 0 saturated carbocycles. The Morgan fingerprint density at radius 1 is 1.47 bits per heavy atom. The summed E-state index contributed by atoms with van der Waals surface area (Å²) in [6, 6.07) is 1.75. The lowest BCUT2D eigenvalue weighted by molar-refractivity contribution is 0.326. The van der Waals surface area contributed by atoms with Gasteiger partial charge in [-0.15, -0.1) is 11.6 Å². The van der Waals surface area contributed by atoms with Crippen molar-refractivity contribution in [2.75, 3.05) is 17.8 Å². The van der Waals surface area contributed by atoms with Crippen molar-refractivity contribution in [1.29, 1.82) is 0 Å². The molecule has 96 valence electrons. The van der Waals surface area contributed by atoms with E-state index in [0.29, 0.717) is 24.3 Å². The zero-order valence-corrected chi connectivity index (χ0v) is 11.4. The Morgan fingerprint density at radius 2 is 2.24 bits per heavy atom. The predicted molar refractivity (Wildman–Crippen MR) is 70.9 cm³/mol. The summed E-state index contributed by atoms with van der Waals surface area (Å²) in [4.78, 5) is 8.48. The van der Waals surface area contributed by atoms with Crippen LogP contribution in [0.4, 0.5) is 5.95 Å². The molecule has 1 aromatic heterocycles. The van der Waals surface area contributed by atoms with Crippen LogP contribution < -0.4 is 10.1 Å². The van der Waals surface area contributed by atoms with Gasteiger partial charge in [-0.05, 0) is 26.7 Å². The minimum atomic E-state index is -0.0768. The predicted octanol–water partition coefficient (Wildman–Crippen LogP) is 3.08. The van der Waals surface area contributed by atoms with Crippen LogP contribution in [0.1, 0.15) is 33.6 Å². The Morgan fingerprint density at radius 3 is 2.82 bits per heavy atom. The van der Waals surface area contributed by atoms with Crippen molar-refractivity contribution < 1.29 is 4.74 Å². The normalized spacial score (nSPS) is 14.1. The molecule has 0 aliphatic rings. The molecule has 1 atom stereocenters. The third kappa shape index (κ3) is 4.38. The number of alkyl halides is 1. The Kier molecular flexibility index (Phi) is 5.48. The Balaban J connectivity index is 2.75. The first-order valence-electron chi connectivity index (χ1n) is 5.93. The number of hydrogen-bond acceptors (Lipinski definition) is 4. The molecule has 0 aromatic carbocycles. The highest BCUT2D eigenvalue weighted by atomic mass is 35.5. The van der Waals surface area contributed by atoms with Gasteiger partial charge in [0, 0.05) is 23.7 Å². The van der Waals surface area contributed by atoms with Gasteiger partial charge < -0.3 is 10.1 Å². The maximum absolute atomic E-state index is 5.81. The highest BCUT2D eigenvalue weighted by molar-refractivity contribution is 6.17. The van der Waals surface area contributed by atoms with Gasteiger partial charge in [-0.25, -0.2) is 4.98 Å². The van der Waals surface area contributed by atoms with Crippen LogP contribution in [0.2, 0.25) is 0 Å². The number of anilines is 1. The summed E-state index contributed by atoms with van der Waals surface area (Å²) in [5, 5.41) is 3.32. The van der Waals surface area contributed by atoms with Gasteiger partial charge in [0.1, 0.15) is 0 Å². The average Bonchev–Trinajstić information content (AvgIpc) is 2.30. The molecular formula is C12H20ClN3O. The van der Waals surface area contributed by atoms with E-state index >= 15 is 0 Å². The van der Waals surface area contributed by atoms with E-state index in [1.54, 1.807) is 12.3 Å². The molecule has 1 N–H and O–H groups in total. The first-order valence-corrected chi connectivity index (χ1v) is 6.47. The van der Waals surface area contributed by atoms with Crippen molar-refractivity contribution in [1.82, 2.24) is 9.97 Å². The molecule has 4 nitrogen and oxygen atoms in total. The Hall–Kier alpha value is -1.03. The minimum Gasteiger partial charge on any atom is -0.478 e. The van der Waals surface area contributed by atoms with E-state index in [9.17, 15) is 0 Å². The summed E-state index contributed by atoms with van der Waals surface area (Å²) in [6.07, 6.45) is 3.52. The van der Waals surface area contributed by atoms with Crippen LogP contribution in [0.3, 0.4) is 0 Å². The molecule has 0 amide bonds. The van der Waals surface area contributed by atoms with Crippen LogP contribution >= 0.6 is 11.6 Å². The molecule has 0 saturated heterocycles. The van der Waals surface area contributed by atoms with Crippen LogP contribution in [-0.4, -0.2) is 28.0 Å². The number of ether oxygens (including phenoxy) is 1. The summed E-state index contributed by atoms with van der Waals surface area (Å²) in [7, 11) is 0. The summed E-state index contributed by atoms with van der Waals surface area (Å²) >= 11 is 5.81. The minimum absolute atomic E-state index is 0.0768. The number of halogens is 1. The first kappa shape index (κ1) is 14.0. The maximum atomic E-state index is 5.81. The third-order valence-corrected chi connectivity index (χ3v) is 2.95. The molecule has 17 heavy (non-hydrogen) atoms. The number of nitrogens with one attached hydrogen (secondary N) is 1. The van der Waals surface area contributed by atoms with Crippen molar-refractivity contribution >= 4 is 17.5 Å². The number of aromatic nitrogens is 2. The summed E-state index contributed by atoms with van der Waals surface area (Å²) in [6.45, 7) is 6.76. The third-order valence-electron chi connectivity index (χ3n) is 2.76. The molecule has 0 aliphatic heterocycles. The maximum Gasteiger partial charge on any atom is 0.226 e. The van der Waals surface area contributed by atoms with Crippen LogP contribution in [-0.2, 0) is 0 Å². The van der Waals surface area contributed by atoms with E-state index in [1.807, 2.05) is 6.92 Å². The zero-order chi connectivity index (χ0) is 12.7. The lowest BCUT2D eigenvalue weighted by Crippen LogP contribution is -2.35. The van der Waals surface area contributed by atoms with Gasteiger partial charge in [0.25, 0.3) is 0 Å². The summed E-state index contributed by atoms with van der Waals surface area (Å²) < 4.78 is 5.34. The molecule has 1 unspecified atom stereocenters. The van der Waals surface area contributed by atoms with Crippen molar-refractivity contribution in [3.05, 3.63) is 12.3 Å². The number of hydrogen-bond donors (Lipinski definition) is 1. The van der Waals surface area contributed by atoms with Gasteiger partial charge in [0.05, 0.1) is 6.61 Å². The Bertz CT molecular complexity index is 348. The van der Waals surface area contributed by atoms with E-state index in [1.165, 1.54) is 0 Å². The summed E-state index contributed by atoms with van der Waals surface area (Å²) in [5.74, 6) is 1.79. The van der Waals surface area contributed by atoms with Crippen LogP contribution in [0.25, 0.3) is 0 Å². The van der Waals surface area contributed by atoms with E-state index in [0.717, 1.165) is 12.8 Å². The smallest absolute Gasteiger partial charge is 0.226 e. The van der Waals surface area contributed by atoms with Crippen LogP contribution in [0.15, 0.2) is 12.3 Å². The molecule has 0 bridgehead atoms. The van der Waals surface area contributed by atoms with Gasteiger partial charge >= 0.3 is 0 Å². The molecule has 0 aliphatic carbocycles. The van der Waals surface area contributed by atoms with Gasteiger partial charge in [-0.2, -0.15) is 4.98 Å². The van der Waals surface area contributed by atoms with Gasteiger partial charge in [-0.1, -0.05) is 6.92 Å². The standard InChI is InChI=1S/C12H20ClN3O/c1-4-12(3,7-8-13)16-11-14-9-6-10(15-11)17-5-2/h6,9H,4-5,7-8H2,1-3H3,(H,14,15,16). The SMILES string of the molecule is CCOc1ccnc(NC(C)(CC)CCCl)n1. The quantitative estimate of drug-likeness (QED) is 0.763. The van der Waals surface area contributed by atoms with Crippen molar-refractivity contribution in [3.63, 3.8) is 0 Å². The van der Waals surface area contributed by atoms with Crippen molar-refractivity contribution in [3.8, 4) is 5.88 Å². The fraction of sp³-hybridized carbons (Fsp3) is 0.667. The second-order valence-electron chi connectivity index (χ2n) is 4.13. The fourth-order valence-corrected chi connectivity index (χ4v) is 1.85. The lowest BCUT2D eigenvalue weighted by Gasteiger charge is -2.28. The molecule has 5 heteroatoms.